The van der Waals surface area contributed by atoms with Crippen LogP contribution in [-0.4, -0.2) is 10.4 Å². The number of carbonyl (C=O) groups is 1. The molecular weight excluding hydrogens is 248 g/mol. The lowest BCUT2D eigenvalue weighted by Gasteiger charge is -2.10. The Morgan fingerprint density at radius 1 is 1.05 bits per heavy atom. The Labute approximate surface area is 116 Å². The highest BCUT2D eigenvalue weighted by molar-refractivity contribution is 6.01. The van der Waals surface area contributed by atoms with E-state index in [9.17, 15) is 4.79 Å². The van der Waals surface area contributed by atoms with E-state index < -0.39 is 0 Å². The molecule has 0 aliphatic rings. The lowest BCUT2D eigenvalue weighted by molar-refractivity contribution is 0.0998. The first-order valence-corrected chi connectivity index (χ1v) is 6.37. The van der Waals surface area contributed by atoms with E-state index in [4.69, 9.17) is 5.26 Å². The highest BCUT2D eigenvalue weighted by atomic mass is 16.1. The van der Waals surface area contributed by atoms with Gasteiger partial charge in [0.15, 0.2) is 5.78 Å². The van der Waals surface area contributed by atoms with Crippen LogP contribution in [0.15, 0.2) is 60.8 Å². The molecule has 3 rings (SSSR count). The third kappa shape index (κ3) is 1.98. The minimum atomic E-state index is -0.152. The Bertz CT molecular complexity index is 824. The van der Waals surface area contributed by atoms with Gasteiger partial charge in [-0.2, -0.15) is 5.26 Å². The molecule has 1 heterocycles. The molecule has 0 aliphatic heterocycles. The van der Waals surface area contributed by atoms with E-state index in [-0.39, 0.29) is 12.2 Å². The van der Waals surface area contributed by atoms with Crippen molar-refractivity contribution in [3.8, 4) is 11.8 Å². The lowest BCUT2D eigenvalue weighted by atomic mass is 10.1. The number of carbonyl (C=O) groups excluding carboxylic acids is 1. The summed E-state index contributed by atoms with van der Waals surface area (Å²) in [6.45, 7) is 0. The van der Waals surface area contributed by atoms with Crippen LogP contribution in [-0.2, 0) is 0 Å². The van der Waals surface area contributed by atoms with E-state index >= 15 is 0 Å². The van der Waals surface area contributed by atoms with Gasteiger partial charge in [0.1, 0.15) is 0 Å². The number of nitrogens with zero attached hydrogens (tertiary/aromatic N) is 2. The fourth-order valence-electron chi connectivity index (χ4n) is 2.38. The van der Waals surface area contributed by atoms with E-state index in [1.54, 1.807) is 6.07 Å². The molecule has 0 unspecified atom stereocenters. The van der Waals surface area contributed by atoms with E-state index in [0.29, 0.717) is 5.56 Å². The standard InChI is InChI=1S/C17H12N2O/c18-11-9-17(20)14-6-2-4-8-16(14)19-12-10-13-5-1-3-7-15(13)19/h1-8,10,12H,9H2. The largest absolute Gasteiger partial charge is 0.316 e. The summed E-state index contributed by atoms with van der Waals surface area (Å²) in [5.74, 6) is -0.152. The van der Waals surface area contributed by atoms with Crippen molar-refractivity contribution in [3.63, 3.8) is 0 Å². The highest BCUT2D eigenvalue weighted by Crippen LogP contribution is 2.23. The van der Waals surface area contributed by atoms with Gasteiger partial charge in [0.25, 0.3) is 0 Å². The summed E-state index contributed by atoms with van der Waals surface area (Å²) < 4.78 is 1.99. The number of rotatable bonds is 3. The lowest BCUT2D eigenvalue weighted by Crippen LogP contribution is -2.04. The zero-order valence-electron chi connectivity index (χ0n) is 10.8. The second-order valence-electron chi connectivity index (χ2n) is 4.52. The molecule has 0 spiro atoms. The number of hydrogen-bond acceptors (Lipinski definition) is 2. The topological polar surface area (TPSA) is 45.8 Å². The number of para-hydroxylation sites is 2. The number of Topliss-reactive ketones (excluding diaryl/α,β-unsaturated/α-hetero) is 1. The number of ketones is 1. The maximum Gasteiger partial charge on any atom is 0.178 e. The minimum absolute atomic E-state index is 0.101. The fourth-order valence-corrected chi connectivity index (χ4v) is 2.38. The summed E-state index contributed by atoms with van der Waals surface area (Å²) in [5.41, 5.74) is 2.44. The molecule has 1 aromatic heterocycles. The smallest absolute Gasteiger partial charge is 0.178 e. The number of aromatic nitrogens is 1. The molecule has 0 aliphatic carbocycles. The zero-order chi connectivity index (χ0) is 13.9. The Kier molecular flexibility index (Phi) is 3.06. The molecule has 0 saturated heterocycles. The quantitative estimate of drug-likeness (QED) is 0.673. The Balaban J connectivity index is 2.20. The molecular formula is C17H12N2O. The molecule has 3 aromatic rings. The average Bonchev–Trinajstić information content (AvgIpc) is 2.91. The van der Waals surface area contributed by atoms with Crippen LogP contribution in [0.5, 0.6) is 0 Å². The second-order valence-corrected chi connectivity index (χ2v) is 4.52. The van der Waals surface area contributed by atoms with Gasteiger partial charge in [-0.15, -0.1) is 0 Å². The minimum Gasteiger partial charge on any atom is -0.316 e. The molecule has 0 N–H and O–H groups in total. The van der Waals surface area contributed by atoms with Gasteiger partial charge in [0.05, 0.1) is 23.7 Å². The average molecular weight is 260 g/mol. The van der Waals surface area contributed by atoms with Gasteiger partial charge in [-0.25, -0.2) is 0 Å². The number of hydrogen-bond donors (Lipinski definition) is 0. The molecule has 2 aromatic carbocycles. The van der Waals surface area contributed by atoms with Crippen molar-refractivity contribution in [1.29, 1.82) is 5.26 Å². The van der Waals surface area contributed by atoms with Crippen LogP contribution < -0.4 is 0 Å². The van der Waals surface area contributed by atoms with Crippen molar-refractivity contribution in [2.75, 3.05) is 0 Å². The first-order chi connectivity index (χ1) is 9.81. The van der Waals surface area contributed by atoms with Crippen molar-refractivity contribution < 1.29 is 4.79 Å². The molecule has 0 bridgehead atoms. The van der Waals surface area contributed by atoms with Crippen molar-refractivity contribution in [2.45, 2.75) is 6.42 Å². The van der Waals surface area contributed by atoms with Crippen molar-refractivity contribution in [2.24, 2.45) is 0 Å². The van der Waals surface area contributed by atoms with E-state index in [0.717, 1.165) is 16.6 Å². The summed E-state index contributed by atoms with van der Waals surface area (Å²) in [6.07, 6.45) is 1.85. The fraction of sp³-hybridized carbons (Fsp3) is 0.0588. The third-order valence-corrected chi connectivity index (χ3v) is 3.30. The molecule has 3 heteroatoms. The molecule has 0 atom stereocenters. The first-order valence-electron chi connectivity index (χ1n) is 6.37. The zero-order valence-corrected chi connectivity index (χ0v) is 10.8. The van der Waals surface area contributed by atoms with Crippen molar-refractivity contribution in [3.05, 3.63) is 66.4 Å². The van der Waals surface area contributed by atoms with Crippen LogP contribution in [0.2, 0.25) is 0 Å². The second kappa shape index (κ2) is 5.02. The van der Waals surface area contributed by atoms with E-state index in [1.807, 2.05) is 65.4 Å². The van der Waals surface area contributed by atoms with Crippen LogP contribution in [0.1, 0.15) is 16.8 Å². The van der Waals surface area contributed by atoms with Gasteiger partial charge >= 0.3 is 0 Å². The Morgan fingerprint density at radius 2 is 1.80 bits per heavy atom. The number of benzene rings is 2. The summed E-state index contributed by atoms with van der Waals surface area (Å²) in [5, 5.41) is 9.83. The van der Waals surface area contributed by atoms with Gasteiger partial charge in [-0.3, -0.25) is 4.79 Å². The monoisotopic (exact) mass is 260 g/mol. The molecule has 0 radical (unpaired) electrons. The summed E-state index contributed by atoms with van der Waals surface area (Å²) in [6, 6.07) is 19.3. The summed E-state index contributed by atoms with van der Waals surface area (Å²) in [4.78, 5) is 12.1. The predicted molar refractivity (Wildman–Crippen MR) is 77.8 cm³/mol. The number of nitriles is 1. The van der Waals surface area contributed by atoms with Gasteiger partial charge in [-0.05, 0) is 29.7 Å². The molecule has 0 amide bonds. The summed E-state index contributed by atoms with van der Waals surface area (Å²) >= 11 is 0. The van der Waals surface area contributed by atoms with Gasteiger partial charge in [0, 0.05) is 11.8 Å². The first kappa shape index (κ1) is 12.2. The van der Waals surface area contributed by atoms with E-state index in [1.165, 1.54) is 0 Å². The highest BCUT2D eigenvalue weighted by Gasteiger charge is 2.13. The number of fused-ring (bicyclic) bond motifs is 1. The van der Waals surface area contributed by atoms with Crippen LogP contribution in [0.3, 0.4) is 0 Å². The Hall–Kier alpha value is -2.86. The molecule has 3 nitrogen and oxygen atoms in total. The van der Waals surface area contributed by atoms with Gasteiger partial charge in [0.2, 0.25) is 0 Å². The van der Waals surface area contributed by atoms with Crippen LogP contribution in [0.25, 0.3) is 16.6 Å². The van der Waals surface area contributed by atoms with Crippen LogP contribution in [0.4, 0.5) is 0 Å². The van der Waals surface area contributed by atoms with E-state index in [2.05, 4.69) is 0 Å². The SMILES string of the molecule is N#CCC(=O)c1ccccc1-n1ccc2ccccc21. The van der Waals surface area contributed by atoms with Crippen molar-refractivity contribution >= 4 is 16.7 Å². The normalized spacial score (nSPS) is 10.3. The van der Waals surface area contributed by atoms with Gasteiger partial charge < -0.3 is 4.57 Å². The molecule has 0 fully saturated rings. The molecule has 96 valence electrons. The third-order valence-electron chi connectivity index (χ3n) is 3.30. The maximum atomic E-state index is 12.1. The van der Waals surface area contributed by atoms with Crippen molar-refractivity contribution in [1.82, 2.24) is 4.57 Å². The predicted octanol–water partition coefficient (Wildman–Crippen LogP) is 3.73. The maximum absolute atomic E-state index is 12.1. The molecule has 20 heavy (non-hydrogen) atoms. The molecule has 0 saturated carbocycles. The van der Waals surface area contributed by atoms with Gasteiger partial charge in [-0.1, -0.05) is 30.3 Å². The Morgan fingerprint density at radius 3 is 2.65 bits per heavy atom. The summed E-state index contributed by atoms with van der Waals surface area (Å²) in [7, 11) is 0. The van der Waals surface area contributed by atoms with Crippen LogP contribution in [0, 0.1) is 11.3 Å². The van der Waals surface area contributed by atoms with Crippen LogP contribution >= 0.6 is 0 Å².